The van der Waals surface area contributed by atoms with Crippen molar-refractivity contribution < 1.29 is 14.7 Å². The van der Waals surface area contributed by atoms with Gasteiger partial charge in [-0.1, -0.05) is 0 Å². The lowest BCUT2D eigenvalue weighted by molar-refractivity contribution is -0.140. The van der Waals surface area contributed by atoms with Crippen molar-refractivity contribution in [3.05, 3.63) is 0 Å². The van der Waals surface area contributed by atoms with Crippen molar-refractivity contribution in [1.82, 2.24) is 4.90 Å². The van der Waals surface area contributed by atoms with E-state index < -0.39 is 5.97 Å². The second-order valence-electron chi connectivity index (χ2n) is 5.04. The molecule has 1 aliphatic rings. The van der Waals surface area contributed by atoms with E-state index in [-0.39, 0.29) is 36.9 Å². The molecule has 0 spiro atoms. The molecule has 1 amide bonds. The van der Waals surface area contributed by atoms with Crippen molar-refractivity contribution in [2.45, 2.75) is 51.6 Å². The number of amides is 1. The Hall–Kier alpha value is -1.10. The summed E-state index contributed by atoms with van der Waals surface area (Å²) in [5.74, 6) is -0.818. The number of aliphatic carboxylic acids is 1. The largest absolute Gasteiger partial charge is 0.481 e. The molecule has 5 nitrogen and oxygen atoms in total. The molecule has 1 fully saturated rings. The van der Waals surface area contributed by atoms with Crippen molar-refractivity contribution in [2.24, 2.45) is 11.7 Å². The number of carboxylic acid groups (broad SMARTS) is 1. The number of nitrogens with zero attached hydrogens (tertiary/aromatic N) is 1. The Morgan fingerprint density at radius 2 is 2.06 bits per heavy atom. The summed E-state index contributed by atoms with van der Waals surface area (Å²) in [7, 11) is 0. The van der Waals surface area contributed by atoms with Gasteiger partial charge in [0.25, 0.3) is 0 Å². The van der Waals surface area contributed by atoms with Gasteiger partial charge in [-0.15, -0.1) is 0 Å². The lowest BCUT2D eigenvalue weighted by atomic mass is 10.0. The van der Waals surface area contributed by atoms with Gasteiger partial charge in [0, 0.05) is 24.5 Å². The van der Waals surface area contributed by atoms with Gasteiger partial charge in [-0.3, -0.25) is 9.59 Å². The fraction of sp³-hybridized carbons (Fsp3) is 0.833. The van der Waals surface area contributed by atoms with Gasteiger partial charge in [0.2, 0.25) is 5.91 Å². The predicted molar refractivity (Wildman–Crippen MR) is 64.4 cm³/mol. The van der Waals surface area contributed by atoms with Gasteiger partial charge < -0.3 is 15.7 Å². The number of nitrogens with two attached hydrogens (primary N) is 1. The molecule has 0 radical (unpaired) electrons. The summed E-state index contributed by atoms with van der Waals surface area (Å²) in [5, 5.41) is 8.68. The predicted octanol–water partition coefficient (Wildman–Crippen LogP) is 0.825. The molecule has 5 heteroatoms. The van der Waals surface area contributed by atoms with Crippen LogP contribution >= 0.6 is 0 Å². The van der Waals surface area contributed by atoms with Crippen LogP contribution in [0.5, 0.6) is 0 Å². The number of hydrogen-bond donors (Lipinski definition) is 2. The van der Waals surface area contributed by atoms with E-state index in [4.69, 9.17) is 10.8 Å². The highest BCUT2D eigenvalue weighted by molar-refractivity contribution is 5.80. The number of hydrogen-bond acceptors (Lipinski definition) is 3. The minimum absolute atomic E-state index is 0.00267. The summed E-state index contributed by atoms with van der Waals surface area (Å²) in [6, 6.07) is 0.163. The first kappa shape index (κ1) is 14.0. The van der Waals surface area contributed by atoms with E-state index in [1.54, 1.807) is 4.90 Å². The molecule has 0 aliphatic heterocycles. The van der Waals surface area contributed by atoms with Gasteiger partial charge in [-0.2, -0.15) is 0 Å². The Morgan fingerprint density at radius 1 is 1.41 bits per heavy atom. The number of carboxylic acids is 1. The quantitative estimate of drug-likeness (QED) is 0.747. The minimum Gasteiger partial charge on any atom is -0.481 e. The van der Waals surface area contributed by atoms with Crippen LogP contribution in [0.1, 0.15) is 39.5 Å². The molecule has 1 rings (SSSR count). The summed E-state index contributed by atoms with van der Waals surface area (Å²) in [6.45, 7) is 4.11. The van der Waals surface area contributed by atoms with Crippen molar-refractivity contribution >= 4 is 11.9 Å². The van der Waals surface area contributed by atoms with Gasteiger partial charge >= 0.3 is 5.97 Å². The summed E-state index contributed by atoms with van der Waals surface area (Å²) >= 11 is 0. The van der Waals surface area contributed by atoms with Crippen molar-refractivity contribution in [2.75, 3.05) is 6.54 Å². The van der Waals surface area contributed by atoms with Crippen LogP contribution < -0.4 is 5.73 Å². The van der Waals surface area contributed by atoms with E-state index >= 15 is 0 Å². The van der Waals surface area contributed by atoms with Crippen LogP contribution in [0, 0.1) is 5.92 Å². The Labute approximate surface area is 102 Å². The third-order valence-electron chi connectivity index (χ3n) is 3.30. The van der Waals surface area contributed by atoms with Crippen LogP contribution in [0.3, 0.4) is 0 Å². The smallest absolute Gasteiger partial charge is 0.305 e. The average Bonchev–Trinajstić information content (AvgIpc) is 2.63. The first-order valence-electron chi connectivity index (χ1n) is 6.19. The van der Waals surface area contributed by atoms with Gasteiger partial charge in [0.1, 0.15) is 0 Å². The molecule has 0 bridgehead atoms. The summed E-state index contributed by atoms with van der Waals surface area (Å²) in [5.41, 5.74) is 5.80. The van der Waals surface area contributed by atoms with E-state index in [1.165, 1.54) is 0 Å². The van der Waals surface area contributed by atoms with Crippen LogP contribution in [-0.2, 0) is 9.59 Å². The molecule has 0 heterocycles. The van der Waals surface area contributed by atoms with Gasteiger partial charge in [-0.05, 0) is 33.1 Å². The SMILES string of the molecule is CC(C)N(CCC(=O)O)C(=O)C1CCC(N)C1. The highest BCUT2D eigenvalue weighted by Crippen LogP contribution is 2.26. The molecule has 1 aliphatic carbocycles. The first-order chi connectivity index (χ1) is 7.91. The zero-order valence-electron chi connectivity index (χ0n) is 10.6. The Kier molecular flexibility index (Phi) is 4.93. The number of rotatable bonds is 5. The zero-order chi connectivity index (χ0) is 13.0. The Bertz CT molecular complexity index is 291. The summed E-state index contributed by atoms with van der Waals surface area (Å²) < 4.78 is 0. The maximum Gasteiger partial charge on any atom is 0.305 e. The maximum atomic E-state index is 12.2. The second-order valence-corrected chi connectivity index (χ2v) is 5.04. The van der Waals surface area contributed by atoms with Crippen molar-refractivity contribution in [3.8, 4) is 0 Å². The molecule has 2 unspecified atom stereocenters. The fourth-order valence-corrected chi connectivity index (χ4v) is 2.31. The average molecular weight is 242 g/mol. The topological polar surface area (TPSA) is 83.6 Å². The van der Waals surface area contributed by atoms with E-state index in [1.807, 2.05) is 13.8 Å². The molecular weight excluding hydrogens is 220 g/mol. The molecular formula is C12H22N2O3. The molecule has 0 aromatic heterocycles. The highest BCUT2D eigenvalue weighted by atomic mass is 16.4. The number of carbonyl (C=O) groups excluding carboxylic acids is 1. The van der Waals surface area contributed by atoms with E-state index in [2.05, 4.69) is 0 Å². The lowest BCUT2D eigenvalue weighted by Crippen LogP contribution is -2.41. The lowest BCUT2D eigenvalue weighted by Gasteiger charge is -2.29. The van der Waals surface area contributed by atoms with Crippen LogP contribution in [0.2, 0.25) is 0 Å². The van der Waals surface area contributed by atoms with Crippen molar-refractivity contribution in [1.29, 1.82) is 0 Å². The standard InChI is InChI=1S/C12H22N2O3/c1-8(2)14(6-5-11(15)16)12(17)9-3-4-10(13)7-9/h8-10H,3-7,13H2,1-2H3,(H,15,16). The van der Waals surface area contributed by atoms with Crippen LogP contribution in [0.15, 0.2) is 0 Å². The Morgan fingerprint density at radius 3 is 2.47 bits per heavy atom. The molecule has 0 saturated heterocycles. The van der Waals surface area contributed by atoms with E-state index in [0.717, 1.165) is 19.3 Å². The molecule has 1 saturated carbocycles. The van der Waals surface area contributed by atoms with E-state index in [0.29, 0.717) is 0 Å². The second kappa shape index (κ2) is 6.00. The minimum atomic E-state index is -0.869. The monoisotopic (exact) mass is 242 g/mol. The van der Waals surface area contributed by atoms with Crippen LogP contribution in [0.4, 0.5) is 0 Å². The molecule has 0 aromatic carbocycles. The fourth-order valence-electron chi connectivity index (χ4n) is 2.31. The van der Waals surface area contributed by atoms with Crippen molar-refractivity contribution in [3.63, 3.8) is 0 Å². The molecule has 17 heavy (non-hydrogen) atoms. The van der Waals surface area contributed by atoms with Crippen LogP contribution in [-0.4, -0.2) is 40.5 Å². The zero-order valence-corrected chi connectivity index (χ0v) is 10.6. The molecule has 98 valence electrons. The van der Waals surface area contributed by atoms with Gasteiger partial charge in [-0.25, -0.2) is 0 Å². The normalized spacial score (nSPS) is 24.0. The van der Waals surface area contributed by atoms with E-state index in [9.17, 15) is 9.59 Å². The molecule has 2 atom stereocenters. The maximum absolute atomic E-state index is 12.2. The molecule has 0 aromatic rings. The third kappa shape index (κ3) is 4.00. The number of carbonyl (C=O) groups is 2. The third-order valence-corrected chi connectivity index (χ3v) is 3.30. The highest BCUT2D eigenvalue weighted by Gasteiger charge is 2.31. The Balaban J connectivity index is 2.57. The van der Waals surface area contributed by atoms with Gasteiger partial charge in [0.05, 0.1) is 6.42 Å². The molecule has 3 N–H and O–H groups in total. The van der Waals surface area contributed by atoms with Gasteiger partial charge in [0.15, 0.2) is 0 Å². The first-order valence-corrected chi connectivity index (χ1v) is 6.19. The summed E-state index contributed by atoms with van der Waals surface area (Å²) in [4.78, 5) is 24.5. The van der Waals surface area contributed by atoms with Crippen LogP contribution in [0.25, 0.3) is 0 Å². The summed E-state index contributed by atoms with van der Waals surface area (Å²) in [6.07, 6.45) is 2.45.